The van der Waals surface area contributed by atoms with Crippen LogP contribution in [0.2, 0.25) is 0 Å². The summed E-state index contributed by atoms with van der Waals surface area (Å²) in [5, 5.41) is 11.6. The summed E-state index contributed by atoms with van der Waals surface area (Å²) in [4.78, 5) is 36.1. The second-order valence-corrected chi connectivity index (χ2v) is 5.82. The fourth-order valence-electron chi connectivity index (χ4n) is 2.83. The molecule has 22 heavy (non-hydrogen) atoms. The van der Waals surface area contributed by atoms with Crippen molar-refractivity contribution in [3.63, 3.8) is 0 Å². The molecule has 0 radical (unpaired) electrons. The zero-order valence-electron chi connectivity index (χ0n) is 12.1. The van der Waals surface area contributed by atoms with Gasteiger partial charge in [-0.3, -0.25) is 14.4 Å². The topological polar surface area (TPSA) is 86.7 Å². The largest absolute Gasteiger partial charge is 0.481 e. The lowest BCUT2D eigenvalue weighted by Crippen LogP contribution is -2.26. The van der Waals surface area contributed by atoms with Crippen LogP contribution in [-0.4, -0.2) is 29.4 Å². The molecule has 3 rings (SSSR count). The fourth-order valence-corrected chi connectivity index (χ4v) is 2.83. The number of amides is 2. The van der Waals surface area contributed by atoms with Crippen molar-refractivity contribution < 1.29 is 19.5 Å². The number of anilines is 1. The molecule has 116 valence electrons. The van der Waals surface area contributed by atoms with Gasteiger partial charge in [-0.2, -0.15) is 0 Å². The summed E-state index contributed by atoms with van der Waals surface area (Å²) in [6, 6.07) is 7.52. The average molecular weight is 302 g/mol. The van der Waals surface area contributed by atoms with Crippen molar-refractivity contribution in [2.75, 3.05) is 11.4 Å². The van der Waals surface area contributed by atoms with Gasteiger partial charge >= 0.3 is 5.97 Å². The lowest BCUT2D eigenvalue weighted by molar-refractivity contribution is -0.140. The molecule has 6 heteroatoms. The van der Waals surface area contributed by atoms with E-state index in [0.29, 0.717) is 19.4 Å². The highest BCUT2D eigenvalue weighted by molar-refractivity contribution is 5.95. The van der Waals surface area contributed by atoms with Gasteiger partial charge in [-0.25, -0.2) is 0 Å². The minimum Gasteiger partial charge on any atom is -0.481 e. The number of carboxylic acids is 1. The molecular weight excluding hydrogens is 284 g/mol. The van der Waals surface area contributed by atoms with E-state index < -0.39 is 17.8 Å². The Labute approximate surface area is 128 Å². The molecule has 2 unspecified atom stereocenters. The Balaban J connectivity index is 1.58. The summed E-state index contributed by atoms with van der Waals surface area (Å²) in [5.41, 5.74) is 1.75. The first kappa shape index (κ1) is 14.6. The van der Waals surface area contributed by atoms with E-state index in [0.717, 1.165) is 24.2 Å². The summed E-state index contributed by atoms with van der Waals surface area (Å²) in [5.74, 6) is -1.93. The first-order valence-corrected chi connectivity index (χ1v) is 7.46. The molecule has 1 heterocycles. The number of rotatable bonds is 5. The molecule has 0 aromatic heterocycles. The molecule has 2 fully saturated rings. The Morgan fingerprint density at radius 1 is 1.32 bits per heavy atom. The molecule has 2 atom stereocenters. The predicted octanol–water partition coefficient (Wildman–Crippen LogP) is 1.15. The van der Waals surface area contributed by atoms with Crippen LogP contribution in [0.15, 0.2) is 24.3 Å². The van der Waals surface area contributed by atoms with Crippen molar-refractivity contribution in [3.05, 3.63) is 29.8 Å². The Morgan fingerprint density at radius 2 is 2.14 bits per heavy atom. The van der Waals surface area contributed by atoms with Gasteiger partial charge in [0.2, 0.25) is 11.8 Å². The molecule has 1 saturated heterocycles. The van der Waals surface area contributed by atoms with Crippen LogP contribution in [0.4, 0.5) is 5.69 Å². The number of hydrogen-bond donors (Lipinski definition) is 2. The number of benzene rings is 1. The highest BCUT2D eigenvalue weighted by atomic mass is 16.4. The second-order valence-electron chi connectivity index (χ2n) is 5.82. The van der Waals surface area contributed by atoms with Crippen LogP contribution in [-0.2, 0) is 20.9 Å². The summed E-state index contributed by atoms with van der Waals surface area (Å²) >= 11 is 0. The number of carbonyl (C=O) groups is 3. The molecule has 2 N–H and O–H groups in total. The van der Waals surface area contributed by atoms with E-state index >= 15 is 0 Å². The van der Waals surface area contributed by atoms with Gasteiger partial charge in [-0.1, -0.05) is 12.1 Å². The van der Waals surface area contributed by atoms with Gasteiger partial charge in [-0.15, -0.1) is 0 Å². The number of hydrogen-bond acceptors (Lipinski definition) is 3. The molecule has 0 spiro atoms. The maximum atomic E-state index is 11.8. The Hall–Kier alpha value is -2.37. The van der Waals surface area contributed by atoms with E-state index in [4.69, 9.17) is 5.11 Å². The molecule has 1 aromatic carbocycles. The lowest BCUT2D eigenvalue weighted by atomic mass is 10.2. The van der Waals surface area contributed by atoms with Gasteiger partial charge in [0, 0.05) is 25.2 Å². The summed E-state index contributed by atoms with van der Waals surface area (Å²) in [7, 11) is 0. The minimum atomic E-state index is -0.908. The number of nitrogens with zero attached hydrogens (tertiary/aromatic N) is 1. The highest BCUT2D eigenvalue weighted by Gasteiger charge is 2.48. The van der Waals surface area contributed by atoms with Crippen molar-refractivity contribution in [2.24, 2.45) is 11.8 Å². The van der Waals surface area contributed by atoms with Crippen molar-refractivity contribution in [3.8, 4) is 0 Å². The van der Waals surface area contributed by atoms with Gasteiger partial charge in [0.05, 0.1) is 11.8 Å². The molecule has 1 saturated carbocycles. The molecular formula is C16H18N2O4. The summed E-state index contributed by atoms with van der Waals surface area (Å²) < 4.78 is 0. The third kappa shape index (κ3) is 2.95. The normalized spacial score (nSPS) is 23.5. The predicted molar refractivity (Wildman–Crippen MR) is 79.1 cm³/mol. The fraction of sp³-hybridized carbons (Fsp3) is 0.438. The third-order valence-electron chi connectivity index (χ3n) is 4.21. The monoisotopic (exact) mass is 302 g/mol. The van der Waals surface area contributed by atoms with E-state index in [-0.39, 0.29) is 11.8 Å². The van der Waals surface area contributed by atoms with Crippen LogP contribution >= 0.6 is 0 Å². The maximum absolute atomic E-state index is 11.8. The number of carbonyl (C=O) groups excluding carboxylic acids is 2. The molecule has 6 nitrogen and oxygen atoms in total. The molecule has 1 aliphatic heterocycles. The van der Waals surface area contributed by atoms with E-state index in [2.05, 4.69) is 5.32 Å². The zero-order valence-corrected chi connectivity index (χ0v) is 12.1. The van der Waals surface area contributed by atoms with Gasteiger partial charge in [0.1, 0.15) is 0 Å². The molecule has 1 aromatic rings. The standard InChI is InChI=1S/C16H18N2O4/c19-14-5-2-6-18(14)11-4-1-3-10(7-11)9-17-15(20)12-8-13(12)16(21)22/h1,3-4,7,12-13H,2,5-6,8-9H2,(H,17,20)(H,21,22). The first-order chi connectivity index (χ1) is 10.6. The molecule has 2 amide bonds. The highest BCUT2D eigenvalue weighted by Crippen LogP contribution is 2.38. The number of nitrogens with one attached hydrogen (secondary N) is 1. The van der Waals surface area contributed by atoms with Crippen molar-refractivity contribution in [2.45, 2.75) is 25.8 Å². The Morgan fingerprint density at radius 3 is 2.77 bits per heavy atom. The average Bonchev–Trinajstić information content (AvgIpc) is 3.21. The zero-order chi connectivity index (χ0) is 15.7. The van der Waals surface area contributed by atoms with E-state index in [1.165, 1.54) is 0 Å². The minimum absolute atomic E-state index is 0.128. The van der Waals surface area contributed by atoms with Crippen molar-refractivity contribution in [1.29, 1.82) is 0 Å². The van der Waals surface area contributed by atoms with Crippen LogP contribution < -0.4 is 10.2 Å². The van der Waals surface area contributed by atoms with Gasteiger partial charge < -0.3 is 15.3 Å². The van der Waals surface area contributed by atoms with Crippen LogP contribution in [0, 0.1) is 11.8 Å². The number of aliphatic carboxylic acids is 1. The quantitative estimate of drug-likeness (QED) is 0.854. The maximum Gasteiger partial charge on any atom is 0.307 e. The summed E-state index contributed by atoms with van der Waals surface area (Å²) in [6.45, 7) is 1.08. The van der Waals surface area contributed by atoms with E-state index in [1.54, 1.807) is 4.90 Å². The second kappa shape index (κ2) is 5.79. The first-order valence-electron chi connectivity index (χ1n) is 7.46. The van der Waals surface area contributed by atoms with Gasteiger partial charge in [0.15, 0.2) is 0 Å². The van der Waals surface area contributed by atoms with Crippen LogP contribution in [0.5, 0.6) is 0 Å². The molecule has 1 aliphatic carbocycles. The van der Waals surface area contributed by atoms with Crippen LogP contribution in [0.1, 0.15) is 24.8 Å². The van der Waals surface area contributed by atoms with E-state index in [9.17, 15) is 14.4 Å². The van der Waals surface area contributed by atoms with Gasteiger partial charge in [0.25, 0.3) is 0 Å². The molecule has 0 bridgehead atoms. The van der Waals surface area contributed by atoms with Crippen molar-refractivity contribution in [1.82, 2.24) is 5.32 Å². The molecule has 2 aliphatic rings. The SMILES string of the molecule is O=C(O)C1CC1C(=O)NCc1cccc(N2CCCC2=O)c1. The number of carboxylic acid groups (broad SMARTS) is 1. The third-order valence-corrected chi connectivity index (χ3v) is 4.21. The van der Waals surface area contributed by atoms with Crippen LogP contribution in [0.25, 0.3) is 0 Å². The van der Waals surface area contributed by atoms with Crippen molar-refractivity contribution >= 4 is 23.5 Å². The summed E-state index contributed by atoms with van der Waals surface area (Å²) in [6.07, 6.45) is 1.88. The lowest BCUT2D eigenvalue weighted by Gasteiger charge is -2.16. The Bertz CT molecular complexity index is 628. The smallest absolute Gasteiger partial charge is 0.307 e. The van der Waals surface area contributed by atoms with E-state index in [1.807, 2.05) is 24.3 Å². The van der Waals surface area contributed by atoms with Crippen LogP contribution in [0.3, 0.4) is 0 Å². The Kier molecular flexibility index (Phi) is 3.83. The van der Waals surface area contributed by atoms with Gasteiger partial charge in [-0.05, 0) is 30.5 Å².